The van der Waals surface area contributed by atoms with Crippen LogP contribution in [-0.4, -0.2) is 24.3 Å². The Morgan fingerprint density at radius 3 is 2.50 bits per heavy atom. The SMILES string of the molecule is CC.CCc1ccc(NC(=O)OC2=C/C(C)C3(C)CCNC3NC(C)(C)/C=C\2)cc1. The van der Waals surface area contributed by atoms with Gasteiger partial charge in [-0.2, -0.15) is 0 Å². The van der Waals surface area contributed by atoms with Crippen molar-refractivity contribution < 1.29 is 9.53 Å². The summed E-state index contributed by atoms with van der Waals surface area (Å²) in [6.45, 7) is 15.8. The minimum atomic E-state index is -0.469. The van der Waals surface area contributed by atoms with Gasteiger partial charge in [0.1, 0.15) is 5.76 Å². The molecule has 5 heteroatoms. The van der Waals surface area contributed by atoms with Crippen molar-refractivity contribution in [2.24, 2.45) is 11.3 Å². The van der Waals surface area contributed by atoms with E-state index in [0.717, 1.165) is 25.1 Å². The molecule has 3 unspecified atom stereocenters. The largest absolute Gasteiger partial charge is 0.417 e. The molecular formula is C25H39N3O2. The number of carbonyl (C=O) groups is 1. The van der Waals surface area contributed by atoms with Gasteiger partial charge < -0.3 is 10.1 Å². The minimum absolute atomic E-state index is 0.0460. The molecule has 0 aromatic heterocycles. The number of rotatable bonds is 3. The second-order valence-corrected chi connectivity index (χ2v) is 8.77. The summed E-state index contributed by atoms with van der Waals surface area (Å²) in [7, 11) is 0. The highest BCUT2D eigenvalue weighted by atomic mass is 16.6. The second-order valence-electron chi connectivity index (χ2n) is 8.77. The molecule has 2 aliphatic heterocycles. The number of ether oxygens (including phenoxy) is 1. The first kappa shape index (κ1) is 24.2. The molecule has 5 nitrogen and oxygen atoms in total. The van der Waals surface area contributed by atoms with Crippen molar-refractivity contribution in [1.82, 2.24) is 10.6 Å². The molecule has 0 bridgehead atoms. The summed E-state index contributed by atoms with van der Waals surface area (Å²) in [6.07, 6.45) is 7.81. The molecule has 166 valence electrons. The lowest BCUT2D eigenvalue weighted by Gasteiger charge is -2.39. The van der Waals surface area contributed by atoms with Crippen molar-refractivity contribution in [3.63, 3.8) is 0 Å². The molecule has 2 aliphatic rings. The van der Waals surface area contributed by atoms with Crippen molar-refractivity contribution in [1.29, 1.82) is 0 Å². The van der Waals surface area contributed by atoms with E-state index >= 15 is 0 Å². The van der Waals surface area contributed by atoms with Crippen LogP contribution in [0.15, 0.2) is 48.3 Å². The van der Waals surface area contributed by atoms with Crippen LogP contribution in [-0.2, 0) is 11.2 Å². The fraction of sp³-hybridized carbons (Fsp3) is 0.560. The summed E-state index contributed by atoms with van der Waals surface area (Å²) >= 11 is 0. The van der Waals surface area contributed by atoms with Crippen LogP contribution in [0.3, 0.4) is 0 Å². The number of benzene rings is 1. The van der Waals surface area contributed by atoms with Crippen LogP contribution in [0.2, 0.25) is 0 Å². The molecule has 1 saturated heterocycles. The predicted octanol–water partition coefficient (Wildman–Crippen LogP) is 5.61. The van der Waals surface area contributed by atoms with Crippen molar-refractivity contribution in [2.75, 3.05) is 11.9 Å². The van der Waals surface area contributed by atoms with Gasteiger partial charge in [-0.25, -0.2) is 4.79 Å². The third kappa shape index (κ3) is 5.96. The third-order valence-corrected chi connectivity index (χ3v) is 6.13. The summed E-state index contributed by atoms with van der Waals surface area (Å²) in [5, 5.41) is 10.1. The van der Waals surface area contributed by atoms with Gasteiger partial charge in [-0.1, -0.05) is 52.8 Å². The average Bonchev–Trinajstić information content (AvgIpc) is 3.09. The number of carbonyl (C=O) groups excluding carboxylic acids is 1. The van der Waals surface area contributed by atoms with Crippen molar-refractivity contribution >= 4 is 11.8 Å². The number of allylic oxidation sites excluding steroid dienone is 2. The van der Waals surface area contributed by atoms with E-state index in [4.69, 9.17) is 4.74 Å². The Kier molecular flexibility index (Phi) is 8.27. The summed E-state index contributed by atoms with van der Waals surface area (Å²) in [4.78, 5) is 12.5. The molecule has 3 atom stereocenters. The summed E-state index contributed by atoms with van der Waals surface area (Å²) in [5.74, 6) is 0.823. The van der Waals surface area contributed by atoms with Crippen molar-refractivity contribution in [2.45, 2.75) is 73.0 Å². The van der Waals surface area contributed by atoms with Crippen LogP contribution in [0, 0.1) is 11.3 Å². The Morgan fingerprint density at radius 2 is 1.87 bits per heavy atom. The zero-order valence-corrected chi connectivity index (χ0v) is 19.6. The second kappa shape index (κ2) is 10.3. The highest BCUT2D eigenvalue weighted by Gasteiger charge is 2.44. The molecule has 3 rings (SSSR count). The predicted molar refractivity (Wildman–Crippen MR) is 125 cm³/mol. The third-order valence-electron chi connectivity index (χ3n) is 6.13. The van der Waals surface area contributed by atoms with E-state index in [1.54, 1.807) is 0 Å². The number of aryl methyl sites for hydroxylation is 1. The van der Waals surface area contributed by atoms with Crippen LogP contribution in [0.4, 0.5) is 10.5 Å². The van der Waals surface area contributed by atoms with E-state index < -0.39 is 6.09 Å². The average molecular weight is 414 g/mol. The summed E-state index contributed by atoms with van der Waals surface area (Å²) in [5.41, 5.74) is 1.79. The van der Waals surface area contributed by atoms with E-state index in [0.29, 0.717) is 5.76 Å². The standard InChI is InChI=1S/C23H33N3O2.C2H6/c1-6-17-7-9-18(10-8-17)25-21(27)28-19-11-12-22(3,4)26-20-23(5,13-14-24-20)16(2)15-19;1-2/h7-12,15-16,20,24,26H,6,13-14H2,1-5H3,(H,25,27);1-2H3/b12-11-,19-15+;. The molecule has 0 radical (unpaired) electrons. The van der Waals surface area contributed by atoms with Gasteiger partial charge in [0.2, 0.25) is 0 Å². The maximum Gasteiger partial charge on any atom is 0.417 e. The molecule has 1 amide bonds. The van der Waals surface area contributed by atoms with Gasteiger partial charge in [-0.3, -0.25) is 10.6 Å². The summed E-state index contributed by atoms with van der Waals surface area (Å²) in [6, 6.07) is 7.83. The molecule has 30 heavy (non-hydrogen) atoms. The first-order valence-electron chi connectivity index (χ1n) is 11.2. The fourth-order valence-corrected chi connectivity index (χ4v) is 3.91. The molecule has 3 N–H and O–H groups in total. The van der Waals surface area contributed by atoms with E-state index in [1.165, 1.54) is 5.56 Å². The molecule has 0 saturated carbocycles. The molecule has 0 spiro atoms. The van der Waals surface area contributed by atoms with Crippen LogP contribution >= 0.6 is 0 Å². The molecular weight excluding hydrogens is 374 g/mol. The van der Waals surface area contributed by atoms with E-state index in [9.17, 15) is 4.79 Å². The number of anilines is 1. The maximum absolute atomic E-state index is 12.5. The van der Waals surface area contributed by atoms with Gasteiger partial charge in [0.25, 0.3) is 0 Å². The van der Waals surface area contributed by atoms with Crippen LogP contribution < -0.4 is 16.0 Å². The Labute approximate surface area is 182 Å². The fourth-order valence-electron chi connectivity index (χ4n) is 3.91. The first-order valence-corrected chi connectivity index (χ1v) is 11.2. The van der Waals surface area contributed by atoms with Crippen LogP contribution in [0.5, 0.6) is 0 Å². The molecule has 1 fully saturated rings. The Balaban J connectivity index is 0.00000155. The van der Waals surface area contributed by atoms with Crippen LogP contribution in [0.1, 0.15) is 60.5 Å². The monoisotopic (exact) mass is 413 g/mol. The van der Waals surface area contributed by atoms with Crippen molar-refractivity contribution in [3.8, 4) is 0 Å². The zero-order chi connectivity index (χ0) is 22.4. The topological polar surface area (TPSA) is 62.4 Å². The highest BCUT2D eigenvalue weighted by molar-refractivity contribution is 5.85. The van der Waals surface area contributed by atoms with Crippen molar-refractivity contribution in [3.05, 3.63) is 53.8 Å². The van der Waals surface area contributed by atoms with Gasteiger partial charge in [0.05, 0.1) is 6.17 Å². The highest BCUT2D eigenvalue weighted by Crippen LogP contribution is 2.40. The van der Waals surface area contributed by atoms with Gasteiger partial charge in [-0.05, 0) is 69.0 Å². The van der Waals surface area contributed by atoms with Gasteiger partial charge >= 0.3 is 6.09 Å². The lowest BCUT2D eigenvalue weighted by molar-refractivity contribution is 0.159. The zero-order valence-electron chi connectivity index (χ0n) is 19.6. The molecule has 1 aromatic carbocycles. The number of nitrogens with one attached hydrogen (secondary N) is 3. The van der Waals surface area contributed by atoms with E-state index in [-0.39, 0.29) is 23.0 Å². The minimum Gasteiger partial charge on any atom is -0.410 e. The normalized spacial score (nSPS) is 30.2. The molecule has 1 aromatic rings. The lowest BCUT2D eigenvalue weighted by Crippen LogP contribution is -2.56. The number of fused-ring (bicyclic) bond motifs is 1. The lowest BCUT2D eigenvalue weighted by atomic mass is 9.74. The smallest absolute Gasteiger partial charge is 0.410 e. The first-order chi connectivity index (χ1) is 14.2. The Hall–Kier alpha value is -2.11. The number of amides is 1. The van der Waals surface area contributed by atoms with Gasteiger partial charge in [-0.15, -0.1) is 0 Å². The molecule has 2 heterocycles. The quantitative estimate of drug-likeness (QED) is 0.603. The Morgan fingerprint density at radius 1 is 1.20 bits per heavy atom. The summed E-state index contributed by atoms with van der Waals surface area (Å²) < 4.78 is 5.68. The van der Waals surface area contributed by atoms with E-state index in [2.05, 4.69) is 62.7 Å². The van der Waals surface area contributed by atoms with E-state index in [1.807, 2.05) is 44.2 Å². The number of hydrogen-bond acceptors (Lipinski definition) is 4. The molecule has 0 aliphatic carbocycles. The van der Waals surface area contributed by atoms with Crippen LogP contribution in [0.25, 0.3) is 0 Å². The van der Waals surface area contributed by atoms with Gasteiger partial charge in [0, 0.05) is 16.6 Å². The van der Waals surface area contributed by atoms with Gasteiger partial charge in [0.15, 0.2) is 0 Å². The Bertz CT molecular complexity index is 767. The number of hydrogen-bond donors (Lipinski definition) is 3. The maximum atomic E-state index is 12.5.